The summed E-state index contributed by atoms with van der Waals surface area (Å²) in [6.07, 6.45) is 3.22. The van der Waals surface area contributed by atoms with E-state index in [1.54, 1.807) is 6.08 Å². The van der Waals surface area contributed by atoms with Crippen molar-refractivity contribution in [3.63, 3.8) is 0 Å². The van der Waals surface area contributed by atoms with E-state index in [0.29, 0.717) is 17.3 Å². The van der Waals surface area contributed by atoms with E-state index in [-0.39, 0.29) is 17.7 Å². The monoisotopic (exact) mass is 367 g/mol. The van der Waals surface area contributed by atoms with Crippen molar-refractivity contribution in [2.45, 2.75) is 6.92 Å². The smallest absolute Gasteiger partial charge is 0.293 e. The zero-order chi connectivity index (χ0) is 15.4. The molecule has 6 heteroatoms. The van der Waals surface area contributed by atoms with E-state index >= 15 is 0 Å². The van der Waals surface area contributed by atoms with Crippen LogP contribution < -0.4 is 4.74 Å². The number of amides is 2. The van der Waals surface area contributed by atoms with Gasteiger partial charge < -0.3 is 4.74 Å². The number of carbonyl (C=O) groups is 2. The lowest BCUT2D eigenvalue weighted by Crippen LogP contribution is -2.27. The maximum atomic E-state index is 12.2. The van der Waals surface area contributed by atoms with Crippen LogP contribution in [0.1, 0.15) is 12.5 Å². The second-order valence-electron chi connectivity index (χ2n) is 4.20. The third-order valence-corrected chi connectivity index (χ3v) is 4.14. The molecule has 2 amide bonds. The van der Waals surface area contributed by atoms with E-state index in [1.165, 1.54) is 11.0 Å². The maximum Gasteiger partial charge on any atom is 0.293 e. The molecule has 21 heavy (non-hydrogen) atoms. The number of nitrogens with zero attached hydrogens (tertiary/aromatic N) is 1. The summed E-state index contributed by atoms with van der Waals surface area (Å²) in [6, 6.07) is 5.55. The van der Waals surface area contributed by atoms with Crippen LogP contribution in [-0.4, -0.2) is 29.2 Å². The van der Waals surface area contributed by atoms with Gasteiger partial charge in [-0.3, -0.25) is 14.5 Å². The normalized spacial score (nSPS) is 16.7. The lowest BCUT2D eigenvalue weighted by molar-refractivity contribution is -0.122. The topological polar surface area (TPSA) is 46.6 Å². The minimum absolute atomic E-state index is 0.221. The highest BCUT2D eigenvalue weighted by Gasteiger charge is 2.34. The standard InChI is InChI=1S/C15H14BrNO3S/c1-3-7-17-14(18)13(21-15(17)19)9-10-8-11(16)5-6-12(10)20-4-2/h3,5-6,8-9H,1,4,7H2,2H3/b13-9+. The zero-order valence-corrected chi connectivity index (χ0v) is 13.9. The number of rotatable bonds is 5. The molecule has 0 N–H and O–H groups in total. The minimum Gasteiger partial charge on any atom is -0.493 e. The number of benzene rings is 1. The van der Waals surface area contributed by atoms with Gasteiger partial charge in [-0.05, 0) is 43.0 Å². The number of hydrogen-bond donors (Lipinski definition) is 0. The van der Waals surface area contributed by atoms with E-state index in [9.17, 15) is 9.59 Å². The van der Waals surface area contributed by atoms with Gasteiger partial charge in [0.1, 0.15) is 5.75 Å². The van der Waals surface area contributed by atoms with E-state index in [0.717, 1.165) is 21.8 Å². The first-order valence-electron chi connectivity index (χ1n) is 6.35. The largest absolute Gasteiger partial charge is 0.493 e. The Bertz CT molecular complexity index is 627. The number of halogens is 1. The third-order valence-electron chi connectivity index (χ3n) is 2.74. The molecule has 1 saturated heterocycles. The van der Waals surface area contributed by atoms with Crippen LogP contribution in [0.25, 0.3) is 6.08 Å². The molecule has 1 aromatic carbocycles. The summed E-state index contributed by atoms with van der Waals surface area (Å²) in [7, 11) is 0. The van der Waals surface area contributed by atoms with Gasteiger partial charge in [0.25, 0.3) is 11.1 Å². The molecule has 2 rings (SSSR count). The average Bonchev–Trinajstić information content (AvgIpc) is 2.70. The maximum absolute atomic E-state index is 12.2. The van der Waals surface area contributed by atoms with E-state index < -0.39 is 0 Å². The van der Waals surface area contributed by atoms with Crippen LogP contribution in [0.15, 0.2) is 40.2 Å². The summed E-state index contributed by atoms with van der Waals surface area (Å²) in [6.45, 7) is 6.19. The molecule has 0 saturated carbocycles. The van der Waals surface area contributed by atoms with Crippen molar-refractivity contribution in [3.8, 4) is 5.75 Å². The number of imide groups is 1. The fraction of sp³-hybridized carbons (Fsp3) is 0.200. The van der Waals surface area contributed by atoms with Gasteiger partial charge in [0, 0.05) is 16.6 Å². The summed E-state index contributed by atoms with van der Waals surface area (Å²) in [4.78, 5) is 25.5. The van der Waals surface area contributed by atoms with Gasteiger partial charge in [0.05, 0.1) is 11.5 Å². The molecule has 1 heterocycles. The van der Waals surface area contributed by atoms with Crippen LogP contribution in [0.4, 0.5) is 4.79 Å². The second-order valence-corrected chi connectivity index (χ2v) is 6.11. The molecule has 110 valence electrons. The highest BCUT2D eigenvalue weighted by atomic mass is 79.9. The Morgan fingerprint density at radius 1 is 1.43 bits per heavy atom. The molecule has 1 fully saturated rings. The summed E-state index contributed by atoms with van der Waals surface area (Å²) >= 11 is 4.32. The molecule has 1 aliphatic rings. The molecule has 0 aromatic heterocycles. The van der Waals surface area contributed by atoms with Crippen LogP contribution >= 0.6 is 27.7 Å². The Morgan fingerprint density at radius 2 is 2.19 bits per heavy atom. The predicted molar refractivity (Wildman–Crippen MR) is 88.2 cm³/mol. The molecular formula is C15H14BrNO3S. The van der Waals surface area contributed by atoms with Crippen molar-refractivity contribution in [2.75, 3.05) is 13.2 Å². The van der Waals surface area contributed by atoms with Gasteiger partial charge >= 0.3 is 0 Å². The van der Waals surface area contributed by atoms with Crippen molar-refractivity contribution < 1.29 is 14.3 Å². The van der Waals surface area contributed by atoms with Gasteiger partial charge in [-0.2, -0.15) is 0 Å². The predicted octanol–water partition coefficient (Wildman–Crippen LogP) is 4.07. The summed E-state index contributed by atoms with van der Waals surface area (Å²) in [5.41, 5.74) is 0.760. The minimum atomic E-state index is -0.299. The van der Waals surface area contributed by atoms with Crippen molar-refractivity contribution >= 4 is 44.9 Å². The second kappa shape index (κ2) is 6.95. The Hall–Kier alpha value is -1.53. The van der Waals surface area contributed by atoms with E-state index in [1.807, 2.05) is 25.1 Å². The van der Waals surface area contributed by atoms with Gasteiger partial charge in [-0.1, -0.05) is 22.0 Å². The van der Waals surface area contributed by atoms with E-state index in [4.69, 9.17) is 4.74 Å². The van der Waals surface area contributed by atoms with E-state index in [2.05, 4.69) is 22.5 Å². The van der Waals surface area contributed by atoms with Crippen molar-refractivity contribution in [3.05, 3.63) is 45.8 Å². The molecule has 0 bridgehead atoms. The van der Waals surface area contributed by atoms with Crippen LogP contribution in [0.5, 0.6) is 5.75 Å². The number of ether oxygens (including phenoxy) is 1. The molecule has 0 radical (unpaired) electrons. The molecule has 4 nitrogen and oxygen atoms in total. The number of hydrogen-bond acceptors (Lipinski definition) is 4. The van der Waals surface area contributed by atoms with Gasteiger partial charge in [-0.25, -0.2) is 0 Å². The Kier molecular flexibility index (Phi) is 5.25. The van der Waals surface area contributed by atoms with Crippen LogP contribution in [-0.2, 0) is 4.79 Å². The average molecular weight is 368 g/mol. The Labute approximate surface area is 136 Å². The van der Waals surface area contributed by atoms with Crippen LogP contribution in [0, 0.1) is 0 Å². The molecule has 1 aromatic rings. The van der Waals surface area contributed by atoms with Crippen LogP contribution in [0.2, 0.25) is 0 Å². The first-order chi connectivity index (χ1) is 10.1. The van der Waals surface area contributed by atoms with Gasteiger partial charge in [0.15, 0.2) is 0 Å². The fourth-order valence-electron chi connectivity index (χ4n) is 1.85. The molecule has 0 aliphatic carbocycles. The fourth-order valence-corrected chi connectivity index (χ4v) is 3.06. The van der Waals surface area contributed by atoms with Crippen molar-refractivity contribution in [2.24, 2.45) is 0 Å². The quantitative estimate of drug-likeness (QED) is 0.581. The lowest BCUT2D eigenvalue weighted by atomic mass is 10.2. The zero-order valence-electron chi connectivity index (χ0n) is 11.5. The lowest BCUT2D eigenvalue weighted by Gasteiger charge is -2.09. The Morgan fingerprint density at radius 3 is 2.86 bits per heavy atom. The molecule has 0 spiro atoms. The summed E-state index contributed by atoms with van der Waals surface area (Å²) in [5, 5.41) is -0.279. The highest BCUT2D eigenvalue weighted by Crippen LogP contribution is 2.34. The van der Waals surface area contributed by atoms with Crippen molar-refractivity contribution in [1.29, 1.82) is 0 Å². The first kappa shape index (κ1) is 15.9. The number of carbonyl (C=O) groups excluding carboxylic acids is 2. The molecular weight excluding hydrogens is 354 g/mol. The SMILES string of the molecule is C=CCN1C(=O)S/C(=C/c2cc(Br)ccc2OCC)C1=O. The van der Waals surface area contributed by atoms with Crippen LogP contribution in [0.3, 0.4) is 0 Å². The molecule has 0 unspecified atom stereocenters. The Balaban J connectivity index is 2.36. The van der Waals surface area contributed by atoms with Gasteiger partial charge in [0.2, 0.25) is 0 Å². The highest BCUT2D eigenvalue weighted by molar-refractivity contribution is 9.10. The van der Waals surface area contributed by atoms with Gasteiger partial charge in [-0.15, -0.1) is 6.58 Å². The van der Waals surface area contributed by atoms with Crippen molar-refractivity contribution in [1.82, 2.24) is 4.90 Å². The first-order valence-corrected chi connectivity index (χ1v) is 7.96. The summed E-state index contributed by atoms with van der Waals surface area (Å²) < 4.78 is 6.42. The summed E-state index contributed by atoms with van der Waals surface area (Å²) in [5.74, 6) is 0.378. The number of thioether (sulfide) groups is 1. The third kappa shape index (κ3) is 3.57. The molecule has 1 aliphatic heterocycles. The molecule has 0 atom stereocenters.